The van der Waals surface area contributed by atoms with E-state index in [1.54, 1.807) is 24.3 Å². The molecule has 2 aromatic carbocycles. The Balaban J connectivity index is 2.37. The first-order valence-electron chi connectivity index (χ1n) is 8.69. The number of rotatable bonds is 5. The summed E-state index contributed by atoms with van der Waals surface area (Å²) in [7, 11) is -2.93. The normalized spacial score (nSPS) is 11.9. The van der Waals surface area contributed by atoms with E-state index in [9.17, 15) is 4.79 Å². The number of carboxylic acid groups (broad SMARTS) is 1. The smallest absolute Gasteiger partial charge is 0.335 e. The van der Waals surface area contributed by atoms with E-state index in [0.717, 1.165) is 11.3 Å². The van der Waals surface area contributed by atoms with Crippen molar-refractivity contribution in [3.05, 3.63) is 53.6 Å². The van der Waals surface area contributed by atoms with Crippen molar-refractivity contribution in [3.8, 4) is 0 Å². The number of hydrogen-bond donors (Lipinski definition) is 2. The van der Waals surface area contributed by atoms with Gasteiger partial charge < -0.3 is 10.4 Å². The minimum absolute atomic E-state index is 0.267. The summed E-state index contributed by atoms with van der Waals surface area (Å²) in [6.45, 7) is 14.1. The second-order valence-corrected chi connectivity index (χ2v) is 19.2. The van der Waals surface area contributed by atoms with Crippen LogP contribution in [0.1, 0.15) is 15.9 Å². The third-order valence-electron chi connectivity index (χ3n) is 4.32. The van der Waals surface area contributed by atoms with Gasteiger partial charge in [0.05, 0.1) is 21.7 Å². The Labute approximate surface area is 163 Å². The van der Waals surface area contributed by atoms with Gasteiger partial charge in [0.15, 0.2) is 0 Å². The van der Waals surface area contributed by atoms with Gasteiger partial charge in [0, 0.05) is 11.3 Å². The summed E-state index contributed by atoms with van der Waals surface area (Å²) in [5.74, 6) is -0.929. The van der Waals surface area contributed by atoms with Gasteiger partial charge in [-0.2, -0.15) is 0 Å². The summed E-state index contributed by atoms with van der Waals surface area (Å²) in [4.78, 5) is 11.7. The summed E-state index contributed by atoms with van der Waals surface area (Å²) in [5, 5.41) is 15.1. The van der Waals surface area contributed by atoms with E-state index >= 15 is 0 Å². The van der Waals surface area contributed by atoms with Crippen molar-refractivity contribution in [2.24, 2.45) is 0 Å². The lowest BCUT2D eigenvalue weighted by atomic mass is 10.2. The first-order chi connectivity index (χ1) is 11.9. The van der Waals surface area contributed by atoms with Gasteiger partial charge in [0.25, 0.3) is 0 Å². The zero-order valence-electron chi connectivity index (χ0n) is 16.3. The first-order valence-corrected chi connectivity index (χ1v) is 16.1. The van der Waals surface area contributed by atoms with Gasteiger partial charge in [0.2, 0.25) is 0 Å². The molecule has 6 heteroatoms. The van der Waals surface area contributed by atoms with Crippen molar-refractivity contribution in [2.45, 2.75) is 39.3 Å². The summed E-state index contributed by atoms with van der Waals surface area (Å²) >= 11 is 5.66. The van der Waals surface area contributed by atoms with Crippen LogP contribution >= 0.6 is 12.2 Å². The molecule has 0 unspecified atom stereocenters. The lowest BCUT2D eigenvalue weighted by molar-refractivity contribution is 0.0697. The summed E-state index contributed by atoms with van der Waals surface area (Å²) < 4.78 is 0. The maximum Gasteiger partial charge on any atom is 0.335 e. The monoisotopic (exact) mass is 401 g/mol. The molecule has 0 spiro atoms. The van der Waals surface area contributed by atoms with Gasteiger partial charge in [-0.15, -0.1) is 0 Å². The largest absolute Gasteiger partial charge is 0.478 e. The van der Waals surface area contributed by atoms with Gasteiger partial charge in [-0.25, -0.2) is 4.79 Å². The van der Waals surface area contributed by atoms with Crippen LogP contribution in [0.15, 0.2) is 42.5 Å². The molecule has 26 heavy (non-hydrogen) atoms. The molecule has 0 bridgehead atoms. The van der Waals surface area contributed by atoms with E-state index in [-0.39, 0.29) is 5.56 Å². The van der Waals surface area contributed by atoms with Crippen molar-refractivity contribution in [1.29, 1.82) is 0 Å². The third kappa shape index (κ3) is 5.12. The highest BCUT2D eigenvalue weighted by Crippen LogP contribution is 2.14. The van der Waals surface area contributed by atoms with Crippen molar-refractivity contribution >= 4 is 55.4 Å². The summed E-state index contributed by atoms with van der Waals surface area (Å²) in [5.41, 5.74) is 2.11. The molecule has 0 aliphatic heterocycles. The number of hydrogen-bond acceptors (Lipinski definition) is 2. The van der Waals surface area contributed by atoms with Crippen molar-refractivity contribution in [3.63, 3.8) is 0 Å². The lowest BCUT2D eigenvalue weighted by Gasteiger charge is -2.24. The molecule has 2 aromatic rings. The fourth-order valence-electron chi connectivity index (χ4n) is 2.52. The van der Waals surface area contributed by atoms with E-state index in [0.29, 0.717) is 4.99 Å². The Morgan fingerprint density at radius 2 is 1.31 bits per heavy atom. The van der Waals surface area contributed by atoms with Crippen molar-refractivity contribution in [2.75, 3.05) is 5.32 Å². The Morgan fingerprint density at radius 3 is 1.69 bits per heavy atom. The standard InChI is InChI=1S/C20H27NO2SSi2/c1-25(2,3)17-11-15(12-18(13-17)26(4,5)6)19(24)21-16-9-7-14(8-10-16)20(22)23/h7-13H,1-6H3,(H,21,24)(H,22,23). The number of nitrogens with one attached hydrogen (secondary N) is 1. The predicted octanol–water partition coefficient (Wildman–Crippen LogP) is 4.26. The van der Waals surface area contributed by atoms with Gasteiger partial charge in [-0.05, 0) is 24.3 Å². The Bertz CT molecular complexity index is 802. The zero-order valence-corrected chi connectivity index (χ0v) is 19.1. The molecular weight excluding hydrogens is 374 g/mol. The highest BCUT2D eigenvalue weighted by molar-refractivity contribution is 7.81. The average molecular weight is 402 g/mol. The van der Waals surface area contributed by atoms with E-state index < -0.39 is 22.1 Å². The molecular formula is C20H27NO2SSi2. The Kier molecular flexibility index (Phi) is 5.90. The van der Waals surface area contributed by atoms with Crippen LogP contribution in [0.25, 0.3) is 0 Å². The molecule has 0 radical (unpaired) electrons. The van der Waals surface area contributed by atoms with Crippen LogP contribution in [0.3, 0.4) is 0 Å². The predicted molar refractivity (Wildman–Crippen MR) is 121 cm³/mol. The highest BCUT2D eigenvalue weighted by Gasteiger charge is 2.23. The number of carboxylic acids is 1. The van der Waals surface area contributed by atoms with E-state index in [1.165, 1.54) is 10.4 Å². The van der Waals surface area contributed by atoms with Crippen LogP contribution in [-0.2, 0) is 0 Å². The van der Waals surface area contributed by atoms with Crippen LogP contribution in [0.4, 0.5) is 5.69 Å². The molecule has 0 aliphatic carbocycles. The Hall–Kier alpha value is -1.77. The van der Waals surface area contributed by atoms with Crippen LogP contribution in [0.5, 0.6) is 0 Å². The molecule has 0 saturated carbocycles. The van der Waals surface area contributed by atoms with Gasteiger partial charge in [-0.3, -0.25) is 0 Å². The third-order valence-corrected chi connectivity index (χ3v) is 8.70. The highest BCUT2D eigenvalue weighted by atomic mass is 32.1. The van der Waals surface area contributed by atoms with Crippen LogP contribution in [0.2, 0.25) is 39.3 Å². The number of anilines is 1. The van der Waals surface area contributed by atoms with Gasteiger partial charge in [-0.1, -0.05) is 80.1 Å². The maximum atomic E-state index is 11.0. The van der Waals surface area contributed by atoms with E-state index in [1.807, 2.05) is 0 Å². The number of carbonyl (C=O) groups is 1. The topological polar surface area (TPSA) is 49.3 Å². The quantitative estimate of drug-likeness (QED) is 0.580. The van der Waals surface area contributed by atoms with E-state index in [2.05, 4.69) is 62.8 Å². The molecule has 0 aliphatic rings. The Morgan fingerprint density at radius 1 is 0.846 bits per heavy atom. The second kappa shape index (κ2) is 7.46. The average Bonchev–Trinajstić information content (AvgIpc) is 2.53. The first kappa shape index (κ1) is 20.5. The number of thiocarbonyl (C=S) groups is 1. The molecule has 0 atom stereocenters. The van der Waals surface area contributed by atoms with Crippen LogP contribution < -0.4 is 15.7 Å². The van der Waals surface area contributed by atoms with Crippen molar-refractivity contribution < 1.29 is 9.90 Å². The fourth-order valence-corrected chi connectivity index (χ4v) is 5.26. The number of benzene rings is 2. The molecule has 2 N–H and O–H groups in total. The molecule has 0 heterocycles. The molecule has 0 fully saturated rings. The molecule has 2 rings (SSSR count). The molecule has 0 aromatic heterocycles. The summed E-state index contributed by atoms with van der Waals surface area (Å²) in [6, 6.07) is 13.5. The number of aromatic carboxylic acids is 1. The maximum absolute atomic E-state index is 11.0. The van der Waals surface area contributed by atoms with Gasteiger partial charge >= 0.3 is 5.97 Å². The van der Waals surface area contributed by atoms with E-state index in [4.69, 9.17) is 17.3 Å². The lowest BCUT2D eigenvalue weighted by Crippen LogP contribution is -2.45. The SMILES string of the molecule is C[Si](C)(C)c1cc(C(=S)Nc2ccc(C(=O)O)cc2)cc([Si](C)(C)C)c1. The fraction of sp³-hybridized carbons (Fsp3) is 0.300. The van der Waals surface area contributed by atoms with Gasteiger partial charge in [0.1, 0.15) is 4.99 Å². The molecule has 3 nitrogen and oxygen atoms in total. The molecule has 138 valence electrons. The minimum atomic E-state index is -1.46. The zero-order chi connectivity index (χ0) is 19.7. The second-order valence-electron chi connectivity index (χ2n) is 8.64. The molecule has 0 amide bonds. The van der Waals surface area contributed by atoms with Crippen LogP contribution in [-0.4, -0.2) is 32.2 Å². The molecule has 0 saturated heterocycles. The van der Waals surface area contributed by atoms with Crippen LogP contribution in [0, 0.1) is 0 Å². The van der Waals surface area contributed by atoms with Crippen molar-refractivity contribution in [1.82, 2.24) is 0 Å². The minimum Gasteiger partial charge on any atom is -0.478 e. The summed E-state index contributed by atoms with van der Waals surface area (Å²) in [6.07, 6.45) is 0.